The molecule has 0 spiro atoms. The van der Waals surface area contributed by atoms with Crippen LogP contribution in [-0.4, -0.2) is 61.2 Å². The lowest BCUT2D eigenvalue weighted by Crippen LogP contribution is -2.43. The van der Waals surface area contributed by atoms with Crippen LogP contribution in [0.15, 0.2) is 10.4 Å². The fourth-order valence-corrected chi connectivity index (χ4v) is 5.51. The third-order valence-corrected chi connectivity index (χ3v) is 6.95. The zero-order valence-electron chi connectivity index (χ0n) is 13.1. The largest absolute Gasteiger partial charge is 0.305 e. The molecule has 1 aromatic rings. The number of aromatic nitrogens is 1. The van der Waals surface area contributed by atoms with Crippen molar-refractivity contribution >= 4 is 32.4 Å². The minimum Gasteiger partial charge on any atom is -0.305 e. The van der Waals surface area contributed by atoms with Crippen LogP contribution in [0, 0.1) is 0 Å². The Bertz CT molecular complexity index is 629. The van der Waals surface area contributed by atoms with Crippen molar-refractivity contribution in [3.05, 3.63) is 6.20 Å². The highest BCUT2D eigenvalue weighted by molar-refractivity contribution is 7.91. The molecule has 1 aliphatic heterocycles. The second-order valence-corrected chi connectivity index (χ2v) is 8.61. The van der Waals surface area contributed by atoms with E-state index in [1.807, 2.05) is 14.0 Å². The van der Waals surface area contributed by atoms with Crippen LogP contribution in [0.3, 0.4) is 0 Å². The molecule has 1 amide bonds. The number of hydrogen-bond donors (Lipinski definition) is 1. The van der Waals surface area contributed by atoms with E-state index < -0.39 is 10.0 Å². The Morgan fingerprint density at radius 2 is 2.23 bits per heavy atom. The summed E-state index contributed by atoms with van der Waals surface area (Å²) >= 11 is 0.996. The van der Waals surface area contributed by atoms with Crippen LogP contribution in [0.2, 0.25) is 0 Å². The van der Waals surface area contributed by atoms with Crippen molar-refractivity contribution in [2.75, 3.05) is 32.0 Å². The van der Waals surface area contributed by atoms with Gasteiger partial charge < -0.3 is 10.2 Å². The first-order valence-electron chi connectivity index (χ1n) is 7.28. The van der Waals surface area contributed by atoms with Gasteiger partial charge in [-0.05, 0) is 26.4 Å². The summed E-state index contributed by atoms with van der Waals surface area (Å²) in [7, 11) is -1.56. The van der Waals surface area contributed by atoms with E-state index in [-0.39, 0.29) is 16.2 Å². The Morgan fingerprint density at radius 3 is 2.86 bits per heavy atom. The number of nitrogens with zero attached hydrogens (tertiary/aromatic N) is 3. The molecule has 1 aliphatic rings. The van der Waals surface area contributed by atoms with Crippen LogP contribution in [0.25, 0.3) is 0 Å². The molecule has 0 radical (unpaired) electrons. The molecule has 1 N–H and O–H groups in total. The van der Waals surface area contributed by atoms with Crippen LogP contribution >= 0.6 is 11.3 Å². The van der Waals surface area contributed by atoms with Gasteiger partial charge in [0.05, 0.1) is 6.20 Å². The van der Waals surface area contributed by atoms with Crippen LogP contribution in [-0.2, 0) is 14.8 Å². The minimum absolute atomic E-state index is 0.0381. The minimum atomic E-state index is -3.57. The van der Waals surface area contributed by atoms with Crippen molar-refractivity contribution in [1.29, 1.82) is 0 Å². The van der Waals surface area contributed by atoms with Crippen LogP contribution in [0.5, 0.6) is 0 Å². The summed E-state index contributed by atoms with van der Waals surface area (Å²) < 4.78 is 27.5. The summed E-state index contributed by atoms with van der Waals surface area (Å²) in [5.41, 5.74) is 0. The Kier molecular flexibility index (Phi) is 5.54. The van der Waals surface area contributed by atoms with E-state index in [0.29, 0.717) is 11.7 Å². The molecular formula is C13H22N4O3S2. The third kappa shape index (κ3) is 3.83. The second kappa shape index (κ2) is 7.03. The summed E-state index contributed by atoms with van der Waals surface area (Å²) in [4.78, 5) is 17.2. The maximum atomic E-state index is 12.9. The van der Waals surface area contributed by atoms with Crippen molar-refractivity contribution < 1.29 is 13.2 Å². The number of hydrogen-bond acceptors (Lipinski definition) is 6. The van der Waals surface area contributed by atoms with Crippen LogP contribution in [0.4, 0.5) is 5.13 Å². The normalized spacial score (nSPS) is 21.5. The Balaban J connectivity index is 2.27. The monoisotopic (exact) mass is 346 g/mol. The zero-order chi connectivity index (χ0) is 16.3. The van der Waals surface area contributed by atoms with Gasteiger partial charge in [-0.2, -0.15) is 4.31 Å². The first-order valence-corrected chi connectivity index (χ1v) is 9.54. The molecule has 0 aliphatic carbocycles. The Hall–Kier alpha value is -1.03. The number of nitrogens with one attached hydrogen (secondary N) is 1. The van der Waals surface area contributed by atoms with Crippen molar-refractivity contribution in [3.63, 3.8) is 0 Å². The average Bonchev–Trinajstić information content (AvgIpc) is 2.80. The molecule has 0 unspecified atom stereocenters. The highest BCUT2D eigenvalue weighted by Gasteiger charge is 2.34. The van der Waals surface area contributed by atoms with Gasteiger partial charge in [0.1, 0.15) is 0 Å². The maximum Gasteiger partial charge on any atom is 0.254 e. The van der Waals surface area contributed by atoms with Crippen molar-refractivity contribution in [3.8, 4) is 0 Å². The molecule has 9 heteroatoms. The molecule has 0 saturated carbocycles. The summed E-state index contributed by atoms with van der Waals surface area (Å²) in [6.45, 7) is 5.50. The van der Waals surface area contributed by atoms with Crippen molar-refractivity contribution in [1.82, 2.24) is 14.2 Å². The smallest absolute Gasteiger partial charge is 0.254 e. The van der Waals surface area contributed by atoms with Crippen LogP contribution in [0.1, 0.15) is 26.7 Å². The molecule has 22 heavy (non-hydrogen) atoms. The number of sulfonamides is 1. The average molecular weight is 346 g/mol. The highest BCUT2D eigenvalue weighted by atomic mass is 32.2. The molecule has 0 aromatic carbocycles. The summed E-state index contributed by atoms with van der Waals surface area (Å²) in [6, 6.07) is -0.0381. The topological polar surface area (TPSA) is 82.6 Å². The maximum absolute atomic E-state index is 12.9. The standard InChI is InChI=1S/C13H22N4O3S2/c1-4-11-9-16(3)6-5-7-17(11)22(19,20)12-8-14-13(21-12)15-10(2)18/h8,11H,4-7,9H2,1-3H3,(H,14,15,18)/t11-/m0/s1. The predicted molar refractivity (Wildman–Crippen MR) is 86.5 cm³/mol. The number of rotatable bonds is 4. The predicted octanol–water partition coefficient (Wildman–Crippen LogP) is 1.21. The zero-order valence-corrected chi connectivity index (χ0v) is 14.7. The molecule has 0 bridgehead atoms. The quantitative estimate of drug-likeness (QED) is 0.886. The molecule has 124 valence electrons. The molecular weight excluding hydrogens is 324 g/mol. The van der Waals surface area contributed by atoms with E-state index in [1.165, 1.54) is 13.1 Å². The Morgan fingerprint density at radius 1 is 1.50 bits per heavy atom. The number of anilines is 1. The van der Waals surface area contributed by atoms with Gasteiger partial charge in [-0.25, -0.2) is 13.4 Å². The van der Waals surface area contributed by atoms with E-state index in [1.54, 1.807) is 4.31 Å². The molecule has 1 fully saturated rings. The van der Waals surface area contributed by atoms with E-state index in [9.17, 15) is 13.2 Å². The van der Waals surface area contributed by atoms with E-state index in [0.717, 1.165) is 37.3 Å². The number of carbonyl (C=O) groups excluding carboxylic acids is 1. The molecule has 1 atom stereocenters. The highest BCUT2D eigenvalue weighted by Crippen LogP contribution is 2.28. The molecule has 2 heterocycles. The lowest BCUT2D eigenvalue weighted by molar-refractivity contribution is -0.114. The van der Waals surface area contributed by atoms with E-state index in [4.69, 9.17) is 0 Å². The molecule has 1 saturated heterocycles. The van der Waals surface area contributed by atoms with Gasteiger partial charge in [0.25, 0.3) is 10.0 Å². The fraction of sp³-hybridized carbons (Fsp3) is 0.692. The van der Waals surface area contributed by atoms with E-state index in [2.05, 4.69) is 15.2 Å². The molecule has 1 aromatic heterocycles. The SMILES string of the molecule is CC[C@H]1CN(C)CCCN1S(=O)(=O)c1cnc(NC(C)=O)s1. The van der Waals surface area contributed by atoms with Gasteiger partial charge in [0.2, 0.25) is 5.91 Å². The molecule has 7 nitrogen and oxygen atoms in total. The fourth-order valence-electron chi connectivity index (χ4n) is 2.57. The van der Waals surface area contributed by atoms with Gasteiger partial charge in [-0.1, -0.05) is 18.3 Å². The number of thiazole rings is 1. The second-order valence-electron chi connectivity index (χ2n) is 5.46. The van der Waals surface area contributed by atoms with Gasteiger partial charge in [-0.3, -0.25) is 4.79 Å². The number of amides is 1. The third-order valence-electron chi connectivity index (χ3n) is 3.65. The van der Waals surface area contributed by atoms with Crippen LogP contribution < -0.4 is 5.32 Å². The first kappa shape index (κ1) is 17.3. The lowest BCUT2D eigenvalue weighted by atomic mass is 10.2. The Labute approximate surface area is 135 Å². The van der Waals surface area contributed by atoms with Gasteiger partial charge in [0.15, 0.2) is 9.34 Å². The first-order chi connectivity index (χ1) is 10.3. The van der Waals surface area contributed by atoms with Crippen molar-refractivity contribution in [2.45, 2.75) is 36.9 Å². The molecule has 2 rings (SSSR count). The summed E-state index contributed by atoms with van der Waals surface area (Å²) in [6.07, 6.45) is 2.90. The van der Waals surface area contributed by atoms with Gasteiger partial charge >= 0.3 is 0 Å². The summed E-state index contributed by atoms with van der Waals surface area (Å²) in [5, 5.41) is 2.83. The van der Waals surface area contributed by atoms with Gasteiger partial charge in [0, 0.05) is 26.1 Å². The number of carbonyl (C=O) groups is 1. The van der Waals surface area contributed by atoms with Crippen molar-refractivity contribution in [2.24, 2.45) is 0 Å². The lowest BCUT2D eigenvalue weighted by Gasteiger charge is -2.28. The number of likely N-dealkylation sites (N-methyl/N-ethyl adjacent to an activating group) is 1. The summed E-state index contributed by atoms with van der Waals surface area (Å²) in [5.74, 6) is -0.263. The van der Waals surface area contributed by atoms with Gasteiger partial charge in [-0.15, -0.1) is 0 Å². The van der Waals surface area contributed by atoms with E-state index >= 15 is 0 Å².